The first-order valence-electron chi connectivity index (χ1n) is 9.90. The number of thioether (sulfide) groups is 1. The van der Waals surface area contributed by atoms with Gasteiger partial charge in [0.15, 0.2) is 17.1 Å². The summed E-state index contributed by atoms with van der Waals surface area (Å²) in [6.07, 6.45) is 3.25. The Hall–Kier alpha value is -3.50. The lowest BCUT2D eigenvalue weighted by Crippen LogP contribution is -1.98. The number of hydrogen-bond donors (Lipinski definition) is 0. The number of rotatable bonds is 7. The van der Waals surface area contributed by atoms with Gasteiger partial charge in [0.05, 0.1) is 37.2 Å². The Kier molecular flexibility index (Phi) is 5.93. The van der Waals surface area contributed by atoms with Crippen LogP contribution in [0.5, 0.6) is 11.5 Å². The standard InChI is InChI=1S/C23H18FN5O2S2/c1-30-19-8-3-14(9-20(19)31-2)22-28-16(11-32-22)12-33-23-18-10-27-29(21(18)25-13-26-23)17-6-4-15(24)5-7-17/h3-11,13H,12H2,1-2H3. The molecule has 7 nitrogen and oxygen atoms in total. The number of halogens is 1. The van der Waals surface area contributed by atoms with Gasteiger partial charge in [-0.05, 0) is 42.5 Å². The molecule has 3 heterocycles. The zero-order chi connectivity index (χ0) is 22.8. The SMILES string of the molecule is COc1ccc(-c2nc(CSc3ncnc4c3cnn4-c3ccc(F)cc3)cs2)cc1OC. The van der Waals surface area contributed by atoms with Crippen molar-refractivity contribution >= 4 is 34.1 Å². The highest BCUT2D eigenvalue weighted by Crippen LogP contribution is 2.35. The third-order valence-corrected chi connectivity index (χ3v) is 6.92. The molecule has 5 rings (SSSR count). The summed E-state index contributed by atoms with van der Waals surface area (Å²) in [6, 6.07) is 11.9. The molecule has 0 saturated carbocycles. The van der Waals surface area contributed by atoms with E-state index in [4.69, 9.17) is 14.5 Å². The molecule has 0 amide bonds. The van der Waals surface area contributed by atoms with Crippen LogP contribution in [-0.2, 0) is 5.75 Å². The van der Waals surface area contributed by atoms with E-state index in [2.05, 4.69) is 15.1 Å². The Bertz CT molecular complexity index is 1420. The molecule has 0 saturated heterocycles. The van der Waals surface area contributed by atoms with E-state index in [9.17, 15) is 4.39 Å². The molecule has 0 radical (unpaired) electrons. The highest BCUT2D eigenvalue weighted by atomic mass is 32.2. The quantitative estimate of drug-likeness (QED) is 0.229. The summed E-state index contributed by atoms with van der Waals surface area (Å²) in [6.45, 7) is 0. The van der Waals surface area contributed by atoms with Crippen LogP contribution in [-0.4, -0.2) is 39.0 Å². The molecule has 0 bridgehead atoms. The predicted molar refractivity (Wildman–Crippen MR) is 127 cm³/mol. The summed E-state index contributed by atoms with van der Waals surface area (Å²) in [4.78, 5) is 13.6. The van der Waals surface area contributed by atoms with Gasteiger partial charge in [0.25, 0.3) is 0 Å². The van der Waals surface area contributed by atoms with Crippen molar-refractivity contribution in [2.45, 2.75) is 10.8 Å². The topological polar surface area (TPSA) is 75.0 Å². The Morgan fingerprint density at radius 1 is 1.03 bits per heavy atom. The summed E-state index contributed by atoms with van der Waals surface area (Å²) < 4.78 is 25.7. The van der Waals surface area contributed by atoms with E-state index in [1.54, 1.807) is 60.3 Å². The van der Waals surface area contributed by atoms with E-state index in [-0.39, 0.29) is 5.82 Å². The van der Waals surface area contributed by atoms with Gasteiger partial charge in [0, 0.05) is 16.7 Å². The van der Waals surface area contributed by atoms with Gasteiger partial charge < -0.3 is 9.47 Å². The maximum absolute atomic E-state index is 13.3. The number of nitrogens with zero attached hydrogens (tertiary/aromatic N) is 5. The fourth-order valence-electron chi connectivity index (χ4n) is 3.33. The van der Waals surface area contributed by atoms with Gasteiger partial charge in [-0.1, -0.05) is 11.8 Å². The zero-order valence-corrected chi connectivity index (χ0v) is 19.4. The fraction of sp³-hybridized carbons (Fsp3) is 0.130. The van der Waals surface area contributed by atoms with Crippen molar-refractivity contribution in [3.8, 4) is 27.8 Å². The summed E-state index contributed by atoms with van der Waals surface area (Å²) in [7, 11) is 3.23. The minimum absolute atomic E-state index is 0.295. The molecule has 0 spiro atoms. The zero-order valence-electron chi connectivity index (χ0n) is 17.7. The first-order chi connectivity index (χ1) is 16.2. The van der Waals surface area contributed by atoms with Gasteiger partial charge in [-0.2, -0.15) is 5.10 Å². The highest BCUT2D eigenvalue weighted by Gasteiger charge is 2.14. The minimum Gasteiger partial charge on any atom is -0.493 e. The Morgan fingerprint density at radius 3 is 2.64 bits per heavy atom. The molecule has 0 atom stereocenters. The largest absolute Gasteiger partial charge is 0.493 e. The van der Waals surface area contributed by atoms with Crippen LogP contribution in [0.3, 0.4) is 0 Å². The lowest BCUT2D eigenvalue weighted by atomic mass is 10.2. The van der Waals surface area contributed by atoms with E-state index in [1.807, 2.05) is 23.6 Å². The van der Waals surface area contributed by atoms with E-state index >= 15 is 0 Å². The normalized spacial score (nSPS) is 11.1. The maximum Gasteiger partial charge on any atom is 0.167 e. The minimum atomic E-state index is -0.295. The van der Waals surface area contributed by atoms with Gasteiger partial charge in [-0.15, -0.1) is 11.3 Å². The van der Waals surface area contributed by atoms with Crippen LogP contribution in [0.1, 0.15) is 5.69 Å². The van der Waals surface area contributed by atoms with Gasteiger partial charge in [0.1, 0.15) is 22.2 Å². The predicted octanol–water partition coefficient (Wildman–Crippen LogP) is 5.39. The van der Waals surface area contributed by atoms with Crippen molar-refractivity contribution in [1.82, 2.24) is 24.7 Å². The number of aromatic nitrogens is 5. The van der Waals surface area contributed by atoms with E-state index in [0.717, 1.165) is 32.4 Å². The van der Waals surface area contributed by atoms with Crippen molar-refractivity contribution in [3.63, 3.8) is 0 Å². The van der Waals surface area contributed by atoms with E-state index in [1.165, 1.54) is 18.5 Å². The van der Waals surface area contributed by atoms with Crippen LogP contribution in [0.15, 0.2) is 65.4 Å². The Balaban J connectivity index is 1.36. The van der Waals surface area contributed by atoms with Gasteiger partial charge in [-0.3, -0.25) is 0 Å². The molecule has 0 fully saturated rings. The second-order valence-corrected chi connectivity index (χ2v) is 8.77. The second kappa shape index (κ2) is 9.16. The maximum atomic E-state index is 13.3. The fourth-order valence-corrected chi connectivity index (χ4v) is 5.10. The monoisotopic (exact) mass is 479 g/mol. The molecule has 10 heteroatoms. The molecule has 0 N–H and O–H groups in total. The van der Waals surface area contributed by atoms with Gasteiger partial charge in [-0.25, -0.2) is 24.0 Å². The third-order valence-electron chi connectivity index (χ3n) is 4.94. The summed E-state index contributed by atoms with van der Waals surface area (Å²) in [5.74, 6) is 1.71. The smallest absolute Gasteiger partial charge is 0.167 e. The second-order valence-electron chi connectivity index (χ2n) is 6.95. The summed E-state index contributed by atoms with van der Waals surface area (Å²) >= 11 is 3.15. The number of ether oxygens (including phenoxy) is 2. The van der Waals surface area contributed by atoms with Gasteiger partial charge in [0.2, 0.25) is 0 Å². The average molecular weight is 480 g/mol. The molecular weight excluding hydrogens is 461 g/mol. The molecule has 0 aliphatic heterocycles. The number of thiazole rings is 1. The molecule has 166 valence electrons. The van der Waals surface area contributed by atoms with Crippen LogP contribution in [0, 0.1) is 5.82 Å². The summed E-state index contributed by atoms with van der Waals surface area (Å²) in [5.41, 5.74) is 3.33. The highest BCUT2D eigenvalue weighted by molar-refractivity contribution is 7.98. The summed E-state index contributed by atoms with van der Waals surface area (Å²) in [5, 5.41) is 9.02. The first-order valence-corrected chi connectivity index (χ1v) is 11.8. The molecule has 3 aromatic heterocycles. The van der Waals surface area contributed by atoms with Crippen molar-refractivity contribution < 1.29 is 13.9 Å². The number of fused-ring (bicyclic) bond motifs is 1. The molecule has 0 aliphatic carbocycles. The number of methoxy groups -OCH3 is 2. The Morgan fingerprint density at radius 2 is 1.85 bits per heavy atom. The van der Waals surface area contributed by atoms with Crippen LogP contribution in [0.25, 0.3) is 27.3 Å². The van der Waals surface area contributed by atoms with E-state index < -0.39 is 0 Å². The average Bonchev–Trinajstić information content (AvgIpc) is 3.50. The van der Waals surface area contributed by atoms with Crippen LogP contribution < -0.4 is 9.47 Å². The third kappa shape index (κ3) is 4.27. The molecule has 2 aromatic carbocycles. The van der Waals surface area contributed by atoms with Crippen molar-refractivity contribution in [3.05, 3.63) is 71.9 Å². The van der Waals surface area contributed by atoms with Crippen molar-refractivity contribution in [2.24, 2.45) is 0 Å². The van der Waals surface area contributed by atoms with Crippen LogP contribution in [0.4, 0.5) is 4.39 Å². The molecule has 33 heavy (non-hydrogen) atoms. The van der Waals surface area contributed by atoms with Crippen LogP contribution >= 0.6 is 23.1 Å². The van der Waals surface area contributed by atoms with E-state index in [0.29, 0.717) is 22.9 Å². The molecule has 0 unspecified atom stereocenters. The number of benzene rings is 2. The van der Waals surface area contributed by atoms with Crippen molar-refractivity contribution in [1.29, 1.82) is 0 Å². The molecule has 0 aliphatic rings. The van der Waals surface area contributed by atoms with Crippen LogP contribution in [0.2, 0.25) is 0 Å². The lowest BCUT2D eigenvalue weighted by molar-refractivity contribution is 0.355. The number of hydrogen-bond acceptors (Lipinski definition) is 8. The lowest BCUT2D eigenvalue weighted by Gasteiger charge is -2.08. The first kappa shape index (κ1) is 21.4. The molecular formula is C23H18FN5O2S2. The van der Waals surface area contributed by atoms with Gasteiger partial charge >= 0.3 is 0 Å². The Labute approximate surface area is 197 Å². The molecule has 5 aromatic rings. The van der Waals surface area contributed by atoms with Crippen molar-refractivity contribution in [2.75, 3.05) is 14.2 Å².